The van der Waals surface area contributed by atoms with E-state index < -0.39 is 6.09 Å². The van der Waals surface area contributed by atoms with Gasteiger partial charge in [0.2, 0.25) is 0 Å². The Balaban J connectivity index is 1.70. The Labute approximate surface area is 174 Å². The second-order valence-corrected chi connectivity index (χ2v) is 7.36. The highest BCUT2D eigenvalue weighted by Gasteiger charge is 2.27. The van der Waals surface area contributed by atoms with Crippen LogP contribution < -0.4 is 5.32 Å². The van der Waals surface area contributed by atoms with Gasteiger partial charge in [-0.05, 0) is 36.8 Å². The fourth-order valence-electron chi connectivity index (χ4n) is 3.42. The summed E-state index contributed by atoms with van der Waals surface area (Å²) < 4.78 is 0. The van der Waals surface area contributed by atoms with Crippen LogP contribution >= 0.6 is 11.6 Å². The summed E-state index contributed by atoms with van der Waals surface area (Å²) in [5.41, 5.74) is 2.14. The lowest BCUT2D eigenvalue weighted by atomic mass is 10.1. The summed E-state index contributed by atoms with van der Waals surface area (Å²) in [4.78, 5) is 27.3. The minimum Gasteiger partial charge on any atom is -0.465 e. The van der Waals surface area contributed by atoms with Gasteiger partial charge in [0, 0.05) is 37.8 Å². The number of amides is 2. The Morgan fingerprint density at radius 3 is 2.72 bits per heavy atom. The summed E-state index contributed by atoms with van der Waals surface area (Å²) in [6.45, 7) is 4.11. The van der Waals surface area contributed by atoms with Gasteiger partial charge >= 0.3 is 6.09 Å². The van der Waals surface area contributed by atoms with Crippen LogP contribution in [0.15, 0.2) is 42.5 Å². The fraction of sp³-hybridized carbons (Fsp3) is 0.286. The molecule has 1 aliphatic heterocycles. The van der Waals surface area contributed by atoms with E-state index in [2.05, 4.69) is 10.2 Å². The number of nitrogens with one attached hydrogen (secondary N) is 1. The number of nitriles is 1. The van der Waals surface area contributed by atoms with E-state index in [9.17, 15) is 14.7 Å². The first-order chi connectivity index (χ1) is 13.9. The van der Waals surface area contributed by atoms with Crippen molar-refractivity contribution in [3.8, 4) is 6.07 Å². The van der Waals surface area contributed by atoms with Gasteiger partial charge in [-0.1, -0.05) is 29.8 Å². The monoisotopic (exact) mass is 412 g/mol. The number of nitrogens with zero attached hydrogens (tertiary/aromatic N) is 3. The molecule has 0 bridgehead atoms. The predicted octanol–water partition coefficient (Wildman–Crippen LogP) is 3.65. The van der Waals surface area contributed by atoms with Gasteiger partial charge in [-0.3, -0.25) is 9.69 Å². The maximum absolute atomic E-state index is 12.5. The molecule has 0 saturated carbocycles. The molecule has 3 rings (SSSR count). The standard InChI is InChI=1S/C21H21ClN4O3/c1-14-12-25(8-9-26(14)21(28)29)13-17-6-3-7-18(19(17)22)24-20(27)16-5-2-4-15(10-16)11-23/h2-7,10,14H,8-9,12-13H2,1H3,(H,24,27)(H,28,29). The molecule has 2 amide bonds. The van der Waals surface area contributed by atoms with Crippen molar-refractivity contribution in [3.05, 3.63) is 64.2 Å². The number of rotatable bonds is 4. The van der Waals surface area contributed by atoms with Crippen molar-refractivity contribution in [2.24, 2.45) is 0 Å². The second-order valence-electron chi connectivity index (χ2n) is 6.99. The van der Waals surface area contributed by atoms with Gasteiger partial charge in [0.15, 0.2) is 0 Å². The molecule has 1 fully saturated rings. The smallest absolute Gasteiger partial charge is 0.407 e. The normalized spacial score (nSPS) is 16.9. The van der Waals surface area contributed by atoms with E-state index in [-0.39, 0.29) is 11.9 Å². The summed E-state index contributed by atoms with van der Waals surface area (Å²) in [7, 11) is 0. The highest BCUT2D eigenvalue weighted by molar-refractivity contribution is 6.34. The third-order valence-corrected chi connectivity index (χ3v) is 5.38. The van der Waals surface area contributed by atoms with Crippen LogP contribution in [0.1, 0.15) is 28.4 Å². The summed E-state index contributed by atoms with van der Waals surface area (Å²) in [6, 6.07) is 13.8. The van der Waals surface area contributed by atoms with Crippen LogP contribution in [0.5, 0.6) is 0 Å². The topological polar surface area (TPSA) is 96.7 Å². The quantitative estimate of drug-likeness (QED) is 0.798. The molecule has 2 aromatic rings. The predicted molar refractivity (Wildman–Crippen MR) is 110 cm³/mol. The Hall–Kier alpha value is -3.08. The molecule has 2 N–H and O–H groups in total. The van der Waals surface area contributed by atoms with Crippen LogP contribution in [0.4, 0.5) is 10.5 Å². The number of anilines is 1. The van der Waals surface area contributed by atoms with Crippen LogP contribution in [0.3, 0.4) is 0 Å². The molecule has 1 saturated heterocycles. The van der Waals surface area contributed by atoms with Gasteiger partial charge in [-0.2, -0.15) is 5.26 Å². The van der Waals surface area contributed by atoms with E-state index >= 15 is 0 Å². The largest absolute Gasteiger partial charge is 0.465 e. The Kier molecular flexibility index (Phi) is 6.37. The van der Waals surface area contributed by atoms with Gasteiger partial charge in [0.05, 0.1) is 22.3 Å². The molecule has 150 valence electrons. The number of carbonyl (C=O) groups excluding carboxylic acids is 1. The first-order valence-corrected chi connectivity index (χ1v) is 9.57. The minimum atomic E-state index is -0.902. The average Bonchev–Trinajstić information content (AvgIpc) is 2.70. The molecule has 1 unspecified atom stereocenters. The summed E-state index contributed by atoms with van der Waals surface area (Å²) in [6.07, 6.45) is -0.902. The molecule has 2 aromatic carbocycles. The molecule has 7 nitrogen and oxygen atoms in total. The van der Waals surface area contributed by atoms with E-state index in [0.29, 0.717) is 48.0 Å². The van der Waals surface area contributed by atoms with E-state index in [0.717, 1.165) is 5.56 Å². The molecule has 1 aliphatic rings. The van der Waals surface area contributed by atoms with Crippen molar-refractivity contribution in [1.29, 1.82) is 5.26 Å². The van der Waals surface area contributed by atoms with Gasteiger partial charge < -0.3 is 15.3 Å². The SMILES string of the molecule is CC1CN(Cc2cccc(NC(=O)c3cccc(C#N)c3)c2Cl)CCN1C(=O)O. The fourth-order valence-corrected chi connectivity index (χ4v) is 3.66. The zero-order valence-electron chi connectivity index (χ0n) is 15.9. The van der Waals surface area contributed by atoms with Crippen LogP contribution in [0.2, 0.25) is 5.02 Å². The first kappa shape index (κ1) is 20.6. The van der Waals surface area contributed by atoms with Crippen LogP contribution in [0, 0.1) is 11.3 Å². The highest BCUT2D eigenvalue weighted by Crippen LogP contribution is 2.28. The van der Waals surface area contributed by atoms with E-state index in [1.807, 2.05) is 25.1 Å². The average molecular weight is 413 g/mol. The summed E-state index contributed by atoms with van der Waals surface area (Å²) in [5.74, 6) is -0.343. The number of hydrogen-bond donors (Lipinski definition) is 2. The number of carbonyl (C=O) groups is 2. The van der Waals surface area contributed by atoms with E-state index in [1.54, 1.807) is 24.3 Å². The third kappa shape index (κ3) is 4.86. The summed E-state index contributed by atoms with van der Waals surface area (Å²) in [5, 5.41) is 21.4. The number of halogens is 1. The molecule has 8 heteroatoms. The first-order valence-electron chi connectivity index (χ1n) is 9.20. The lowest BCUT2D eigenvalue weighted by Gasteiger charge is -2.38. The number of carboxylic acid groups (broad SMARTS) is 1. The maximum Gasteiger partial charge on any atom is 0.407 e. The van der Waals surface area contributed by atoms with Crippen LogP contribution in [0.25, 0.3) is 0 Å². The van der Waals surface area contributed by atoms with Crippen molar-refractivity contribution in [2.45, 2.75) is 19.5 Å². The van der Waals surface area contributed by atoms with E-state index in [1.165, 1.54) is 11.0 Å². The zero-order valence-corrected chi connectivity index (χ0v) is 16.7. The van der Waals surface area contributed by atoms with Crippen LogP contribution in [-0.4, -0.2) is 52.6 Å². The summed E-state index contributed by atoms with van der Waals surface area (Å²) >= 11 is 6.54. The lowest BCUT2D eigenvalue weighted by Crippen LogP contribution is -2.53. The third-order valence-electron chi connectivity index (χ3n) is 4.93. The molecule has 0 radical (unpaired) electrons. The highest BCUT2D eigenvalue weighted by atomic mass is 35.5. The van der Waals surface area contributed by atoms with Gasteiger partial charge in [-0.15, -0.1) is 0 Å². The van der Waals surface area contributed by atoms with Gasteiger partial charge in [0.25, 0.3) is 5.91 Å². The van der Waals surface area contributed by atoms with Gasteiger partial charge in [-0.25, -0.2) is 4.79 Å². The molecule has 1 atom stereocenters. The zero-order chi connectivity index (χ0) is 21.0. The second kappa shape index (κ2) is 8.95. The number of piperazine rings is 1. The molecule has 0 spiro atoms. The van der Waals surface area contributed by atoms with Crippen molar-refractivity contribution < 1.29 is 14.7 Å². The van der Waals surface area contributed by atoms with Gasteiger partial charge in [0.1, 0.15) is 0 Å². The molecule has 1 heterocycles. The minimum absolute atomic E-state index is 0.102. The maximum atomic E-state index is 12.5. The number of benzene rings is 2. The van der Waals surface area contributed by atoms with Crippen molar-refractivity contribution >= 4 is 29.3 Å². The molecule has 0 aliphatic carbocycles. The van der Waals surface area contributed by atoms with E-state index in [4.69, 9.17) is 16.9 Å². The number of hydrogen-bond acceptors (Lipinski definition) is 4. The van der Waals surface area contributed by atoms with Crippen molar-refractivity contribution in [3.63, 3.8) is 0 Å². The Bertz CT molecular complexity index is 973. The molecular formula is C21H21ClN4O3. The lowest BCUT2D eigenvalue weighted by molar-refractivity contribution is 0.0711. The Morgan fingerprint density at radius 2 is 2.03 bits per heavy atom. The van der Waals surface area contributed by atoms with Crippen molar-refractivity contribution in [2.75, 3.05) is 25.0 Å². The molecular weight excluding hydrogens is 392 g/mol. The Morgan fingerprint density at radius 1 is 1.28 bits per heavy atom. The van der Waals surface area contributed by atoms with Crippen LogP contribution in [-0.2, 0) is 6.54 Å². The molecule has 29 heavy (non-hydrogen) atoms. The van der Waals surface area contributed by atoms with Crippen molar-refractivity contribution in [1.82, 2.24) is 9.80 Å². The molecule has 0 aromatic heterocycles.